The topological polar surface area (TPSA) is 79.7 Å². The van der Waals surface area contributed by atoms with Crippen molar-refractivity contribution >= 4 is 11.4 Å². The van der Waals surface area contributed by atoms with Gasteiger partial charge in [0.05, 0.1) is 10.6 Å². The summed E-state index contributed by atoms with van der Waals surface area (Å²) in [4.78, 5) is 13.1. The van der Waals surface area contributed by atoms with Crippen molar-refractivity contribution in [1.82, 2.24) is 10.3 Å². The molecule has 1 saturated heterocycles. The zero-order valence-corrected chi connectivity index (χ0v) is 11.9. The number of nitrogens with one attached hydrogen (secondary N) is 2. The van der Waals surface area contributed by atoms with E-state index in [0.717, 1.165) is 30.9 Å². The van der Waals surface area contributed by atoms with Crippen LogP contribution in [0.5, 0.6) is 5.75 Å². The molecule has 0 radical (unpaired) electrons. The van der Waals surface area contributed by atoms with Gasteiger partial charge in [0.1, 0.15) is 6.61 Å². The first-order chi connectivity index (χ1) is 10.2. The van der Waals surface area contributed by atoms with Crippen LogP contribution in [-0.2, 0) is 6.54 Å². The second-order valence-corrected chi connectivity index (χ2v) is 5.46. The van der Waals surface area contributed by atoms with Gasteiger partial charge in [-0.1, -0.05) is 6.42 Å². The van der Waals surface area contributed by atoms with Crippen molar-refractivity contribution in [2.75, 3.05) is 31.7 Å². The molecule has 2 aliphatic heterocycles. The largest absolute Gasteiger partial charge is 0.485 e. The first-order valence-electron chi connectivity index (χ1n) is 7.39. The highest BCUT2D eigenvalue weighted by molar-refractivity contribution is 5.64. The van der Waals surface area contributed by atoms with Crippen LogP contribution in [0.1, 0.15) is 24.8 Å². The number of hydrogen-bond acceptors (Lipinski definition) is 6. The Morgan fingerprint density at radius 2 is 2.10 bits per heavy atom. The average molecular weight is 292 g/mol. The predicted molar refractivity (Wildman–Crippen MR) is 79.3 cm³/mol. The third-order valence-corrected chi connectivity index (χ3v) is 4.00. The maximum atomic E-state index is 11.2. The van der Waals surface area contributed by atoms with Gasteiger partial charge in [-0.05, 0) is 31.5 Å². The number of fused-ring (bicyclic) bond motifs is 1. The summed E-state index contributed by atoms with van der Waals surface area (Å²) in [6, 6.07) is 3.29. The molecule has 7 nitrogen and oxygen atoms in total. The van der Waals surface area contributed by atoms with E-state index >= 15 is 0 Å². The lowest BCUT2D eigenvalue weighted by atomic mass is 10.1. The fraction of sp³-hybridized carbons (Fsp3) is 0.571. The Hall–Kier alpha value is -1.86. The molecule has 0 aromatic heterocycles. The minimum Gasteiger partial charge on any atom is -0.485 e. The van der Waals surface area contributed by atoms with Crippen LogP contribution in [0.4, 0.5) is 11.4 Å². The van der Waals surface area contributed by atoms with Crippen LogP contribution in [0, 0.1) is 10.1 Å². The van der Waals surface area contributed by atoms with E-state index in [1.807, 2.05) is 0 Å². The summed E-state index contributed by atoms with van der Waals surface area (Å²) in [6.45, 7) is 4.08. The Bertz CT molecular complexity index is 529. The molecule has 0 atom stereocenters. The van der Waals surface area contributed by atoms with E-state index < -0.39 is 0 Å². The van der Waals surface area contributed by atoms with E-state index in [-0.39, 0.29) is 10.6 Å². The molecule has 3 rings (SSSR count). The summed E-state index contributed by atoms with van der Waals surface area (Å²) < 4.78 is 5.68. The summed E-state index contributed by atoms with van der Waals surface area (Å²) in [7, 11) is 0. The molecule has 2 heterocycles. The van der Waals surface area contributed by atoms with Crippen LogP contribution in [0.2, 0.25) is 0 Å². The lowest BCUT2D eigenvalue weighted by Gasteiger charge is -2.26. The first kappa shape index (κ1) is 14.1. The summed E-state index contributed by atoms with van der Waals surface area (Å²) in [5, 5.41) is 11.2. The maximum Gasteiger partial charge on any atom is 0.311 e. The fourth-order valence-corrected chi connectivity index (χ4v) is 2.83. The zero-order valence-electron chi connectivity index (χ0n) is 11.9. The van der Waals surface area contributed by atoms with Crippen molar-refractivity contribution in [1.29, 1.82) is 0 Å². The Morgan fingerprint density at radius 3 is 2.86 bits per heavy atom. The SMILES string of the molecule is O=[N+]([O-])c1cc2c(cc1OCCN1CCCCC1)NNC2. The number of nitro groups is 1. The molecular formula is C14H20N4O3. The van der Waals surface area contributed by atoms with Gasteiger partial charge in [-0.15, -0.1) is 0 Å². The van der Waals surface area contributed by atoms with Crippen LogP contribution < -0.4 is 15.6 Å². The van der Waals surface area contributed by atoms with Crippen molar-refractivity contribution < 1.29 is 9.66 Å². The highest BCUT2D eigenvalue weighted by Gasteiger charge is 2.22. The summed E-state index contributed by atoms with van der Waals surface area (Å²) in [6.07, 6.45) is 3.76. The fourth-order valence-electron chi connectivity index (χ4n) is 2.83. The molecule has 114 valence electrons. The van der Waals surface area contributed by atoms with Gasteiger partial charge in [0.25, 0.3) is 0 Å². The summed E-state index contributed by atoms with van der Waals surface area (Å²) in [5.41, 5.74) is 7.72. The van der Waals surface area contributed by atoms with E-state index in [4.69, 9.17) is 4.74 Å². The molecule has 0 spiro atoms. The minimum atomic E-state index is -0.380. The predicted octanol–water partition coefficient (Wildman–Crippen LogP) is 1.89. The van der Waals surface area contributed by atoms with E-state index in [0.29, 0.717) is 18.9 Å². The number of hydrazine groups is 1. The van der Waals surface area contributed by atoms with E-state index in [1.165, 1.54) is 19.3 Å². The quantitative estimate of drug-likeness (QED) is 0.637. The molecule has 7 heteroatoms. The van der Waals surface area contributed by atoms with Crippen molar-refractivity contribution in [2.45, 2.75) is 25.8 Å². The smallest absolute Gasteiger partial charge is 0.311 e. The monoisotopic (exact) mass is 292 g/mol. The standard InChI is InChI=1S/C14H20N4O3/c19-18(20)13-8-11-10-15-16-12(11)9-14(13)21-7-6-17-4-2-1-3-5-17/h8-9,15-16H,1-7,10H2. The molecule has 0 bridgehead atoms. The van der Waals surface area contributed by atoms with Gasteiger partial charge in [-0.2, -0.15) is 0 Å². The second kappa shape index (κ2) is 6.28. The van der Waals surface area contributed by atoms with Crippen LogP contribution in [-0.4, -0.2) is 36.1 Å². The van der Waals surface area contributed by atoms with Crippen molar-refractivity contribution in [3.05, 3.63) is 27.8 Å². The third kappa shape index (κ3) is 3.25. The number of nitrogens with zero attached hydrogens (tertiary/aromatic N) is 2. The van der Waals surface area contributed by atoms with E-state index in [1.54, 1.807) is 12.1 Å². The molecule has 2 N–H and O–H groups in total. The highest BCUT2D eigenvalue weighted by atomic mass is 16.6. The molecule has 1 fully saturated rings. The molecule has 0 amide bonds. The average Bonchev–Trinajstić information content (AvgIpc) is 2.94. The third-order valence-electron chi connectivity index (χ3n) is 4.00. The second-order valence-electron chi connectivity index (χ2n) is 5.46. The van der Waals surface area contributed by atoms with Crippen LogP contribution in [0.15, 0.2) is 12.1 Å². The van der Waals surface area contributed by atoms with Gasteiger partial charge < -0.3 is 10.2 Å². The van der Waals surface area contributed by atoms with Crippen molar-refractivity contribution in [2.24, 2.45) is 0 Å². The lowest BCUT2D eigenvalue weighted by molar-refractivity contribution is -0.385. The molecule has 1 aromatic carbocycles. The Labute approximate surface area is 123 Å². The number of piperidine rings is 1. The maximum absolute atomic E-state index is 11.2. The van der Waals surface area contributed by atoms with E-state index in [9.17, 15) is 10.1 Å². The van der Waals surface area contributed by atoms with Crippen molar-refractivity contribution in [3.8, 4) is 5.75 Å². The number of nitro benzene ring substituents is 1. The Morgan fingerprint density at radius 1 is 1.29 bits per heavy atom. The normalized spacial score (nSPS) is 18.1. The molecule has 0 saturated carbocycles. The van der Waals surface area contributed by atoms with Gasteiger partial charge >= 0.3 is 5.69 Å². The molecule has 0 unspecified atom stereocenters. The number of hydrogen-bond donors (Lipinski definition) is 2. The molecule has 21 heavy (non-hydrogen) atoms. The molecule has 1 aromatic rings. The van der Waals surface area contributed by atoms with Crippen LogP contribution >= 0.6 is 0 Å². The van der Waals surface area contributed by atoms with Gasteiger partial charge in [-0.3, -0.25) is 15.0 Å². The number of benzene rings is 1. The minimum absolute atomic E-state index is 0.0397. The zero-order chi connectivity index (χ0) is 14.7. The number of likely N-dealkylation sites (tertiary alicyclic amines) is 1. The summed E-state index contributed by atoms with van der Waals surface area (Å²) in [5.74, 6) is 0.340. The highest BCUT2D eigenvalue weighted by Crippen LogP contribution is 2.34. The lowest BCUT2D eigenvalue weighted by Crippen LogP contribution is -2.33. The molecule has 2 aliphatic rings. The number of anilines is 1. The van der Waals surface area contributed by atoms with Gasteiger partial charge in [0.2, 0.25) is 0 Å². The van der Waals surface area contributed by atoms with Crippen molar-refractivity contribution in [3.63, 3.8) is 0 Å². The first-order valence-corrected chi connectivity index (χ1v) is 7.39. The van der Waals surface area contributed by atoms with Crippen LogP contribution in [0.3, 0.4) is 0 Å². The van der Waals surface area contributed by atoms with Gasteiger partial charge in [-0.25, -0.2) is 5.43 Å². The van der Waals surface area contributed by atoms with E-state index in [2.05, 4.69) is 15.8 Å². The summed E-state index contributed by atoms with van der Waals surface area (Å²) >= 11 is 0. The Balaban J connectivity index is 1.65. The number of ether oxygens (including phenoxy) is 1. The Kier molecular flexibility index (Phi) is 4.21. The van der Waals surface area contributed by atoms with Gasteiger partial charge in [0, 0.05) is 25.2 Å². The van der Waals surface area contributed by atoms with Crippen LogP contribution in [0.25, 0.3) is 0 Å². The van der Waals surface area contributed by atoms with Gasteiger partial charge in [0.15, 0.2) is 5.75 Å². The number of rotatable bonds is 5. The molecule has 0 aliphatic carbocycles. The molecular weight excluding hydrogens is 272 g/mol.